The van der Waals surface area contributed by atoms with Crippen molar-refractivity contribution < 1.29 is 13.3 Å². The Bertz CT molecular complexity index is 605. The molecule has 0 N–H and O–H groups in total. The molecule has 20 heavy (non-hydrogen) atoms. The summed E-state index contributed by atoms with van der Waals surface area (Å²) in [6.07, 6.45) is 3.61. The van der Waals surface area contributed by atoms with Crippen molar-refractivity contribution in [2.45, 2.75) is 37.5 Å². The number of nitrogens with zero attached hydrogens (tertiary/aromatic N) is 2. The van der Waals surface area contributed by atoms with Crippen LogP contribution >= 0.6 is 0 Å². The van der Waals surface area contributed by atoms with Crippen LogP contribution in [0.15, 0.2) is 23.1 Å². The van der Waals surface area contributed by atoms with Gasteiger partial charge < -0.3 is 0 Å². The molecule has 1 saturated heterocycles. The first-order chi connectivity index (χ1) is 9.43. The second kappa shape index (κ2) is 5.88. The number of sulfonamides is 1. The Morgan fingerprint density at radius 1 is 1.15 bits per heavy atom. The van der Waals surface area contributed by atoms with Gasteiger partial charge in [-0.2, -0.15) is 4.31 Å². The van der Waals surface area contributed by atoms with Crippen molar-refractivity contribution in [2.24, 2.45) is 0 Å². The molecule has 0 atom stereocenters. The molecule has 110 valence electrons. The summed E-state index contributed by atoms with van der Waals surface area (Å²) in [6.45, 7) is 2.58. The van der Waals surface area contributed by atoms with Gasteiger partial charge in [-0.25, -0.2) is 8.42 Å². The summed E-state index contributed by atoms with van der Waals surface area (Å²) in [5.74, 6) is 0. The molecule has 1 fully saturated rings. The van der Waals surface area contributed by atoms with E-state index in [0.717, 1.165) is 25.7 Å². The largest absolute Gasteiger partial charge is 0.289 e. The molecule has 0 amide bonds. The van der Waals surface area contributed by atoms with Crippen LogP contribution < -0.4 is 0 Å². The molecule has 0 radical (unpaired) electrons. The maximum absolute atomic E-state index is 12.6. The molecular weight excluding hydrogens is 280 g/mol. The maximum atomic E-state index is 12.6. The van der Waals surface area contributed by atoms with E-state index in [-0.39, 0.29) is 10.6 Å². The van der Waals surface area contributed by atoms with Crippen molar-refractivity contribution >= 4 is 15.7 Å². The standard InChI is InChI=1S/C13H18N2O4S/c1-11-6-7-13(12(10-11)15(16)17)20(18,19)14-8-4-2-3-5-9-14/h6-7,10H,2-5,8-9H2,1H3. The third-order valence-corrected chi connectivity index (χ3v) is 5.44. The van der Waals surface area contributed by atoms with E-state index in [4.69, 9.17) is 0 Å². The topological polar surface area (TPSA) is 80.5 Å². The van der Waals surface area contributed by atoms with E-state index in [1.165, 1.54) is 16.4 Å². The maximum Gasteiger partial charge on any atom is 0.289 e. The van der Waals surface area contributed by atoms with Crippen molar-refractivity contribution in [1.29, 1.82) is 0 Å². The van der Waals surface area contributed by atoms with Crippen molar-refractivity contribution in [2.75, 3.05) is 13.1 Å². The van der Waals surface area contributed by atoms with Gasteiger partial charge in [0, 0.05) is 19.2 Å². The Morgan fingerprint density at radius 3 is 2.30 bits per heavy atom. The van der Waals surface area contributed by atoms with Crippen LogP contribution in [-0.2, 0) is 10.0 Å². The number of nitro groups is 1. The van der Waals surface area contributed by atoms with Crippen LogP contribution in [0, 0.1) is 17.0 Å². The van der Waals surface area contributed by atoms with Crippen LogP contribution in [0.25, 0.3) is 0 Å². The highest BCUT2D eigenvalue weighted by Gasteiger charge is 2.31. The minimum absolute atomic E-state index is 0.199. The number of benzene rings is 1. The number of rotatable bonds is 3. The minimum atomic E-state index is -3.79. The highest BCUT2D eigenvalue weighted by Crippen LogP contribution is 2.29. The molecular formula is C13H18N2O4S. The van der Waals surface area contributed by atoms with Crippen molar-refractivity contribution in [1.82, 2.24) is 4.31 Å². The van der Waals surface area contributed by atoms with Gasteiger partial charge >= 0.3 is 0 Å². The van der Waals surface area contributed by atoms with Crippen LogP contribution in [0.3, 0.4) is 0 Å². The number of nitro benzene ring substituents is 1. The fourth-order valence-electron chi connectivity index (χ4n) is 2.41. The fraction of sp³-hybridized carbons (Fsp3) is 0.538. The molecule has 1 aromatic carbocycles. The monoisotopic (exact) mass is 298 g/mol. The smallest absolute Gasteiger partial charge is 0.258 e. The lowest BCUT2D eigenvalue weighted by Crippen LogP contribution is -2.32. The molecule has 0 aromatic heterocycles. The summed E-state index contributed by atoms with van der Waals surface area (Å²) in [7, 11) is -3.79. The van der Waals surface area contributed by atoms with Crippen molar-refractivity contribution in [3.8, 4) is 0 Å². The van der Waals surface area contributed by atoms with E-state index >= 15 is 0 Å². The molecule has 1 aliphatic rings. The van der Waals surface area contributed by atoms with E-state index < -0.39 is 14.9 Å². The Morgan fingerprint density at radius 2 is 1.75 bits per heavy atom. The SMILES string of the molecule is Cc1ccc(S(=O)(=O)N2CCCCCC2)c([N+](=O)[O-])c1. The highest BCUT2D eigenvalue weighted by molar-refractivity contribution is 7.89. The fourth-order valence-corrected chi connectivity index (χ4v) is 4.06. The molecule has 0 bridgehead atoms. The van der Waals surface area contributed by atoms with Gasteiger partial charge in [0.25, 0.3) is 5.69 Å². The van der Waals surface area contributed by atoms with Gasteiger partial charge in [0.1, 0.15) is 0 Å². The first-order valence-electron chi connectivity index (χ1n) is 6.68. The molecule has 6 nitrogen and oxygen atoms in total. The molecule has 1 aromatic rings. The summed E-state index contributed by atoms with van der Waals surface area (Å²) in [4.78, 5) is 10.3. The quantitative estimate of drug-likeness (QED) is 0.634. The number of hydrogen-bond acceptors (Lipinski definition) is 4. The molecule has 1 heterocycles. The van der Waals surface area contributed by atoms with Gasteiger partial charge in [-0.15, -0.1) is 0 Å². The van der Waals surface area contributed by atoms with Crippen LogP contribution in [0.5, 0.6) is 0 Å². The summed E-state index contributed by atoms with van der Waals surface area (Å²) in [6, 6.07) is 4.25. The zero-order valence-corrected chi connectivity index (χ0v) is 12.2. The van der Waals surface area contributed by atoms with E-state index in [2.05, 4.69) is 0 Å². The second-order valence-corrected chi connectivity index (χ2v) is 6.95. The average molecular weight is 298 g/mol. The van der Waals surface area contributed by atoms with Gasteiger partial charge in [-0.1, -0.05) is 18.9 Å². The summed E-state index contributed by atoms with van der Waals surface area (Å²) in [5.41, 5.74) is 0.334. The molecule has 2 rings (SSSR count). The third-order valence-electron chi connectivity index (χ3n) is 3.49. The Balaban J connectivity index is 2.45. The first kappa shape index (κ1) is 14.9. The highest BCUT2D eigenvalue weighted by atomic mass is 32.2. The molecule has 0 aliphatic carbocycles. The minimum Gasteiger partial charge on any atom is -0.258 e. The summed E-state index contributed by atoms with van der Waals surface area (Å²) in [5, 5.41) is 11.1. The van der Waals surface area contributed by atoms with Gasteiger partial charge in [-0.05, 0) is 31.4 Å². The normalized spacial score (nSPS) is 17.6. The lowest BCUT2D eigenvalue weighted by molar-refractivity contribution is -0.387. The van der Waals surface area contributed by atoms with E-state index in [9.17, 15) is 18.5 Å². The lowest BCUT2D eigenvalue weighted by atomic mass is 10.2. The van der Waals surface area contributed by atoms with E-state index in [1.54, 1.807) is 13.0 Å². The second-order valence-electron chi connectivity index (χ2n) is 5.05. The van der Waals surface area contributed by atoms with Crippen LogP contribution in [0.4, 0.5) is 5.69 Å². The molecule has 0 unspecified atom stereocenters. The van der Waals surface area contributed by atoms with E-state index in [1.807, 2.05) is 0 Å². The van der Waals surface area contributed by atoms with Gasteiger partial charge in [0.15, 0.2) is 4.90 Å². The van der Waals surface area contributed by atoms with Crippen LogP contribution in [0.1, 0.15) is 31.2 Å². The van der Waals surface area contributed by atoms with Crippen LogP contribution in [-0.4, -0.2) is 30.7 Å². The molecule has 1 aliphatic heterocycles. The van der Waals surface area contributed by atoms with Crippen LogP contribution in [0.2, 0.25) is 0 Å². The third kappa shape index (κ3) is 2.99. The van der Waals surface area contributed by atoms with E-state index in [0.29, 0.717) is 18.7 Å². The lowest BCUT2D eigenvalue weighted by Gasteiger charge is -2.19. The molecule has 0 spiro atoms. The number of aryl methyl sites for hydroxylation is 1. The van der Waals surface area contributed by atoms with Gasteiger partial charge in [0.2, 0.25) is 10.0 Å². The number of hydrogen-bond donors (Lipinski definition) is 0. The first-order valence-corrected chi connectivity index (χ1v) is 8.12. The zero-order chi connectivity index (χ0) is 14.8. The Kier molecular flexibility index (Phi) is 4.39. The zero-order valence-electron chi connectivity index (χ0n) is 11.4. The molecule has 7 heteroatoms. The predicted molar refractivity (Wildman–Crippen MR) is 75.1 cm³/mol. The molecule has 0 saturated carbocycles. The van der Waals surface area contributed by atoms with Crippen molar-refractivity contribution in [3.63, 3.8) is 0 Å². The summed E-state index contributed by atoms with van der Waals surface area (Å²) < 4.78 is 26.6. The summed E-state index contributed by atoms with van der Waals surface area (Å²) >= 11 is 0. The predicted octanol–water partition coefficient (Wildman–Crippen LogP) is 2.47. The Labute approximate surface area is 118 Å². The van der Waals surface area contributed by atoms with Gasteiger partial charge in [-0.3, -0.25) is 10.1 Å². The Hall–Kier alpha value is -1.47. The average Bonchev–Trinajstić information content (AvgIpc) is 2.67. The van der Waals surface area contributed by atoms with Crippen molar-refractivity contribution in [3.05, 3.63) is 33.9 Å². The van der Waals surface area contributed by atoms with Gasteiger partial charge in [0.05, 0.1) is 4.92 Å².